The molecule has 0 spiro atoms. The molecule has 0 saturated carbocycles. The molecule has 0 N–H and O–H groups in total. The van der Waals surface area contributed by atoms with Crippen LogP contribution in [0.4, 0.5) is 0 Å². The van der Waals surface area contributed by atoms with Crippen molar-refractivity contribution in [3.63, 3.8) is 0 Å². The van der Waals surface area contributed by atoms with Crippen LogP contribution < -0.4 is 0 Å². The first kappa shape index (κ1) is 10.3. The van der Waals surface area contributed by atoms with E-state index in [1.807, 2.05) is 0 Å². The van der Waals surface area contributed by atoms with E-state index >= 15 is 0 Å². The van der Waals surface area contributed by atoms with Gasteiger partial charge >= 0.3 is 36.2 Å². The summed E-state index contributed by atoms with van der Waals surface area (Å²) < 4.78 is 7.14. The maximum absolute atomic E-state index is 4.08. The molecule has 0 rings (SSSR count). The Hall–Kier alpha value is 1.27. The predicted octanol–water partition coefficient (Wildman–Crippen LogP) is 1.53. The van der Waals surface area contributed by atoms with Crippen molar-refractivity contribution in [3.8, 4) is 0 Å². The zero-order valence-corrected chi connectivity index (χ0v) is 9.61. The molecule has 0 atom stereocenters. The second-order valence-corrected chi connectivity index (χ2v) is 13.2. The molecule has 0 amide bonds. The normalized spacial score (nSPS) is 7.00. The molecule has 2 heteroatoms. The van der Waals surface area contributed by atoms with Gasteiger partial charge in [0, 0.05) is 0 Å². The van der Waals surface area contributed by atoms with E-state index in [0.29, 0.717) is 0 Å². The zero-order valence-electron chi connectivity index (χ0n) is 4.91. The third-order valence-corrected chi connectivity index (χ3v) is 0. The van der Waals surface area contributed by atoms with Gasteiger partial charge in [-0.25, -0.2) is 0 Å². The summed E-state index contributed by atoms with van der Waals surface area (Å²) in [5.74, 6) is 0. The van der Waals surface area contributed by atoms with E-state index < -0.39 is 22.7 Å². The summed E-state index contributed by atoms with van der Waals surface area (Å²) in [4.78, 5) is 0. The van der Waals surface area contributed by atoms with Gasteiger partial charge in [-0.3, -0.25) is 0 Å². The fraction of sp³-hybridized carbons (Fsp3) is 1.00. The Morgan fingerprint density at radius 1 is 1.00 bits per heavy atom. The molecule has 0 heterocycles. The van der Waals surface area contributed by atoms with Crippen molar-refractivity contribution >= 4 is 35.3 Å². The first-order valence-electron chi connectivity index (χ1n) is 1.91. The second-order valence-electron chi connectivity index (χ2n) is 1.50. The van der Waals surface area contributed by atoms with Gasteiger partial charge in [0.05, 0.1) is 0 Å². The first-order valence-corrected chi connectivity index (χ1v) is 14.4. The third kappa shape index (κ3) is 59.5. The average molecular weight is 299 g/mol. The van der Waals surface area contributed by atoms with E-state index in [2.05, 4.69) is 26.1 Å². The summed E-state index contributed by atoms with van der Waals surface area (Å²) >= 11 is 3.43. The molecule has 0 saturated heterocycles. The van der Waals surface area contributed by atoms with Crippen LogP contribution in [0.15, 0.2) is 0 Å². The molecule has 0 bridgehead atoms. The molecule has 0 aliphatic carbocycles. The summed E-state index contributed by atoms with van der Waals surface area (Å²) in [5, 5.41) is 0. The average Bonchev–Trinajstić information content (AvgIpc) is 1.41. The summed E-state index contributed by atoms with van der Waals surface area (Å²) in [5.41, 5.74) is 0. The second kappa shape index (κ2) is 9.55. The van der Waals surface area contributed by atoms with Gasteiger partial charge in [0.1, 0.15) is 0 Å². The van der Waals surface area contributed by atoms with Gasteiger partial charge in [0.25, 0.3) is 0 Å². The first-order chi connectivity index (χ1) is 2.73. The van der Waals surface area contributed by atoms with Crippen molar-refractivity contribution in [1.29, 1.82) is 0 Å². The summed E-state index contributed by atoms with van der Waals surface area (Å²) in [6.45, 7) is 0. The monoisotopic (exact) mass is 300 g/mol. The van der Waals surface area contributed by atoms with Crippen molar-refractivity contribution < 1.29 is 0 Å². The molecule has 1 radical (unpaired) electrons. The van der Waals surface area contributed by atoms with Crippen molar-refractivity contribution in [2.75, 3.05) is 6.26 Å². The van der Waals surface area contributed by atoms with Gasteiger partial charge in [-0.15, -0.1) is 0 Å². The van der Waals surface area contributed by atoms with Crippen LogP contribution in [0.5, 0.6) is 0 Å². The van der Waals surface area contributed by atoms with Gasteiger partial charge in [0.2, 0.25) is 0 Å². The van der Waals surface area contributed by atoms with Crippen molar-refractivity contribution in [1.82, 2.24) is 0 Å². The van der Waals surface area contributed by atoms with Crippen LogP contribution >= 0.6 is 0 Å². The summed E-state index contributed by atoms with van der Waals surface area (Å²) in [6.07, 6.45) is 1.58. The Labute approximate surface area is 54.9 Å². The Kier molecular flexibility index (Phi) is 16.4. The third-order valence-electron chi connectivity index (χ3n) is 0. The fourth-order valence-electron chi connectivity index (χ4n) is 0. The van der Waals surface area contributed by atoms with Crippen LogP contribution in [0.2, 0.25) is 13.4 Å². The molecule has 0 aliphatic heterocycles. The van der Waals surface area contributed by atoms with Gasteiger partial charge in [-0.05, 0) is 0 Å². The van der Waals surface area contributed by atoms with Crippen LogP contribution in [-0.4, -0.2) is 29.0 Å². The Morgan fingerprint density at radius 2 is 1.00 bits per heavy atom. The fourth-order valence-corrected chi connectivity index (χ4v) is 0. The SMILES string of the molecule is C[S-].[CH3][Pb]([CH3])[CH3]. The Balaban J connectivity index is 0. The molecule has 6 heavy (non-hydrogen) atoms. The number of hydrogen-bond donors (Lipinski definition) is 0. The maximum atomic E-state index is 4.08. The molecule has 39 valence electrons. The Morgan fingerprint density at radius 3 is 1.00 bits per heavy atom. The van der Waals surface area contributed by atoms with Gasteiger partial charge in [-0.2, -0.15) is 6.26 Å². The topological polar surface area (TPSA) is 0 Å². The van der Waals surface area contributed by atoms with Crippen LogP contribution in [0, 0.1) is 0 Å². The number of rotatable bonds is 0. The van der Waals surface area contributed by atoms with E-state index in [-0.39, 0.29) is 0 Å². The molecule has 0 unspecified atom stereocenters. The van der Waals surface area contributed by atoms with Crippen molar-refractivity contribution in [2.45, 2.75) is 13.4 Å². The van der Waals surface area contributed by atoms with Crippen LogP contribution in [0.3, 0.4) is 0 Å². The van der Waals surface area contributed by atoms with Crippen molar-refractivity contribution in [3.05, 3.63) is 0 Å². The van der Waals surface area contributed by atoms with Crippen LogP contribution in [0.25, 0.3) is 0 Å². The minimum atomic E-state index is -0.657. The molecule has 0 aliphatic rings. The molecule has 0 fully saturated rings. The van der Waals surface area contributed by atoms with Crippen LogP contribution in [0.1, 0.15) is 0 Å². The van der Waals surface area contributed by atoms with E-state index in [4.69, 9.17) is 0 Å². The van der Waals surface area contributed by atoms with E-state index in [1.54, 1.807) is 6.26 Å². The molecular formula is C4H12PbS-. The number of hydrogen-bond acceptors (Lipinski definition) is 1. The zero-order chi connectivity index (χ0) is 5.58. The van der Waals surface area contributed by atoms with Gasteiger partial charge in [0.15, 0.2) is 0 Å². The Bertz CT molecular complexity index is 12.3. The van der Waals surface area contributed by atoms with E-state index in [9.17, 15) is 0 Å². The van der Waals surface area contributed by atoms with Gasteiger partial charge in [-0.1, -0.05) is 0 Å². The molecule has 0 nitrogen and oxygen atoms in total. The summed E-state index contributed by atoms with van der Waals surface area (Å²) in [7, 11) is 0. The van der Waals surface area contributed by atoms with E-state index in [1.165, 1.54) is 0 Å². The molecule has 0 aromatic rings. The molecular weight excluding hydrogens is 287 g/mol. The summed E-state index contributed by atoms with van der Waals surface area (Å²) in [6, 6.07) is 0. The molecule has 0 aromatic heterocycles. The minimum absolute atomic E-state index is 0.657. The van der Waals surface area contributed by atoms with Crippen molar-refractivity contribution in [2.24, 2.45) is 0 Å². The molecule has 0 aromatic carbocycles. The van der Waals surface area contributed by atoms with Crippen LogP contribution in [-0.2, 0) is 12.6 Å². The standard InChI is InChI=1S/CH4S.3CH3.Pb/c1-2;;;;/h2H,1H3;3*1H3;/p-1. The van der Waals surface area contributed by atoms with E-state index in [0.717, 1.165) is 0 Å². The predicted molar refractivity (Wildman–Crippen MR) is 36.6 cm³/mol. The van der Waals surface area contributed by atoms with Gasteiger partial charge < -0.3 is 12.6 Å². The quantitative estimate of drug-likeness (QED) is 0.483.